The summed E-state index contributed by atoms with van der Waals surface area (Å²) in [6, 6.07) is 9.75. The van der Waals surface area contributed by atoms with E-state index < -0.39 is 10.0 Å². The minimum Gasteiger partial charge on any atom is -0.350 e. The largest absolute Gasteiger partial charge is 0.350 e. The number of benzene rings is 1. The van der Waals surface area contributed by atoms with Gasteiger partial charge in [0.1, 0.15) is 5.01 Å². The second-order valence-electron chi connectivity index (χ2n) is 7.48. The molecule has 2 aliphatic rings. The summed E-state index contributed by atoms with van der Waals surface area (Å²) in [5.41, 5.74) is 1.48. The summed E-state index contributed by atoms with van der Waals surface area (Å²) in [4.78, 5) is 16.0. The molecule has 1 amide bonds. The van der Waals surface area contributed by atoms with Crippen molar-refractivity contribution in [3.8, 4) is 10.6 Å². The number of sulfonamides is 1. The molecule has 0 bridgehead atoms. The number of hydrogen-bond donors (Lipinski definition) is 1. The molecular formula is C20H23N3O3S2. The molecule has 1 aliphatic carbocycles. The molecule has 0 radical (unpaired) electrons. The van der Waals surface area contributed by atoms with Gasteiger partial charge in [-0.3, -0.25) is 4.79 Å². The fraction of sp³-hybridized carbons (Fsp3) is 0.400. The number of aromatic nitrogens is 1. The van der Waals surface area contributed by atoms with E-state index in [4.69, 9.17) is 0 Å². The van der Waals surface area contributed by atoms with Crippen LogP contribution in [0.1, 0.15) is 18.5 Å². The SMILES string of the molecule is C=CC(=O)NC1CC2CN(S(=O)(=O)c3sc(-c4ccccc4)nc3C)CC2C1. The van der Waals surface area contributed by atoms with E-state index in [1.807, 2.05) is 30.3 Å². The van der Waals surface area contributed by atoms with Gasteiger partial charge in [-0.2, -0.15) is 4.31 Å². The van der Waals surface area contributed by atoms with Crippen LogP contribution in [0.5, 0.6) is 0 Å². The maximum atomic E-state index is 13.3. The fourth-order valence-corrected chi connectivity index (χ4v) is 7.48. The van der Waals surface area contributed by atoms with E-state index in [0.29, 0.717) is 23.0 Å². The number of fused-ring (bicyclic) bond motifs is 1. The van der Waals surface area contributed by atoms with Gasteiger partial charge in [-0.15, -0.1) is 11.3 Å². The Morgan fingerprint density at radius 3 is 2.50 bits per heavy atom. The Morgan fingerprint density at radius 2 is 1.89 bits per heavy atom. The minimum atomic E-state index is -3.56. The first-order chi connectivity index (χ1) is 13.4. The van der Waals surface area contributed by atoms with E-state index >= 15 is 0 Å². The molecule has 4 rings (SSSR count). The van der Waals surface area contributed by atoms with Crippen LogP contribution in [0.2, 0.25) is 0 Å². The number of amides is 1. The highest BCUT2D eigenvalue weighted by Crippen LogP contribution is 2.41. The summed E-state index contributed by atoms with van der Waals surface area (Å²) in [5, 5.41) is 3.67. The maximum Gasteiger partial charge on any atom is 0.254 e. The number of aryl methyl sites for hydroxylation is 1. The van der Waals surface area contributed by atoms with E-state index in [9.17, 15) is 13.2 Å². The molecule has 2 heterocycles. The van der Waals surface area contributed by atoms with Gasteiger partial charge in [0, 0.05) is 24.7 Å². The quantitative estimate of drug-likeness (QED) is 0.759. The molecule has 8 heteroatoms. The lowest BCUT2D eigenvalue weighted by Gasteiger charge is -2.18. The van der Waals surface area contributed by atoms with Crippen LogP contribution in [0.4, 0.5) is 0 Å². The van der Waals surface area contributed by atoms with E-state index in [-0.39, 0.29) is 23.8 Å². The molecule has 2 aromatic rings. The van der Waals surface area contributed by atoms with E-state index in [1.165, 1.54) is 17.4 Å². The van der Waals surface area contributed by atoms with Crippen LogP contribution >= 0.6 is 11.3 Å². The maximum absolute atomic E-state index is 13.3. The van der Waals surface area contributed by atoms with Crippen LogP contribution < -0.4 is 5.32 Å². The molecule has 2 fully saturated rings. The molecular weight excluding hydrogens is 394 g/mol. The molecule has 28 heavy (non-hydrogen) atoms. The van der Waals surface area contributed by atoms with Crippen molar-refractivity contribution in [2.24, 2.45) is 11.8 Å². The molecule has 2 atom stereocenters. The Morgan fingerprint density at radius 1 is 1.25 bits per heavy atom. The highest BCUT2D eigenvalue weighted by Gasteiger charge is 2.45. The van der Waals surface area contributed by atoms with Gasteiger partial charge in [0.05, 0.1) is 5.69 Å². The van der Waals surface area contributed by atoms with Crippen molar-refractivity contribution in [2.75, 3.05) is 13.1 Å². The van der Waals surface area contributed by atoms with Crippen molar-refractivity contribution in [1.29, 1.82) is 0 Å². The third kappa shape index (κ3) is 3.52. The Bertz CT molecular complexity index is 987. The van der Waals surface area contributed by atoms with Crippen molar-refractivity contribution in [1.82, 2.24) is 14.6 Å². The summed E-state index contributed by atoms with van der Waals surface area (Å²) in [5.74, 6) is 0.404. The zero-order valence-corrected chi connectivity index (χ0v) is 17.3. The Hall–Kier alpha value is -2.03. The lowest BCUT2D eigenvalue weighted by molar-refractivity contribution is -0.117. The van der Waals surface area contributed by atoms with Crippen LogP contribution in [0.15, 0.2) is 47.2 Å². The Kier molecular flexibility index (Phi) is 5.11. The second kappa shape index (κ2) is 7.42. The number of nitrogens with one attached hydrogen (secondary N) is 1. The molecule has 1 aliphatic heterocycles. The Labute approximate surface area is 169 Å². The Balaban J connectivity index is 1.50. The third-order valence-corrected chi connectivity index (χ3v) is 9.22. The molecule has 2 unspecified atom stereocenters. The summed E-state index contributed by atoms with van der Waals surface area (Å²) in [6.07, 6.45) is 2.90. The van der Waals surface area contributed by atoms with Crippen molar-refractivity contribution < 1.29 is 13.2 Å². The van der Waals surface area contributed by atoms with Crippen LogP contribution in [0, 0.1) is 18.8 Å². The average molecular weight is 418 g/mol. The number of nitrogens with zero attached hydrogens (tertiary/aromatic N) is 2. The van der Waals surface area contributed by atoms with Crippen LogP contribution in [-0.2, 0) is 14.8 Å². The van der Waals surface area contributed by atoms with Gasteiger partial charge in [0.15, 0.2) is 4.21 Å². The van der Waals surface area contributed by atoms with Gasteiger partial charge in [-0.05, 0) is 37.7 Å². The summed E-state index contributed by atoms with van der Waals surface area (Å²) >= 11 is 1.24. The average Bonchev–Trinajstić information content (AvgIpc) is 3.35. The standard InChI is InChI=1S/C20H23N3O3S2/c1-3-18(24)22-17-9-15-11-23(12-16(15)10-17)28(25,26)20-13(2)21-19(27-20)14-7-5-4-6-8-14/h3-8,15-17H,1,9-12H2,2H3,(H,22,24). The fourth-order valence-electron chi connectivity index (χ4n) is 4.27. The smallest absolute Gasteiger partial charge is 0.254 e. The minimum absolute atomic E-state index is 0.111. The van der Waals surface area contributed by atoms with Gasteiger partial charge >= 0.3 is 0 Å². The summed E-state index contributed by atoms with van der Waals surface area (Å²) < 4.78 is 28.4. The predicted octanol–water partition coefficient (Wildman–Crippen LogP) is 2.82. The van der Waals surface area contributed by atoms with E-state index in [1.54, 1.807) is 11.2 Å². The van der Waals surface area contributed by atoms with Crippen molar-refractivity contribution >= 4 is 27.3 Å². The van der Waals surface area contributed by atoms with Crippen LogP contribution in [0.25, 0.3) is 10.6 Å². The topological polar surface area (TPSA) is 79.4 Å². The van der Waals surface area contributed by atoms with Gasteiger partial charge in [-0.25, -0.2) is 13.4 Å². The summed E-state index contributed by atoms with van der Waals surface area (Å²) in [6.45, 7) is 6.25. The van der Waals surface area contributed by atoms with Crippen LogP contribution in [-0.4, -0.2) is 42.7 Å². The first-order valence-corrected chi connectivity index (χ1v) is 11.6. The van der Waals surface area contributed by atoms with Crippen LogP contribution in [0.3, 0.4) is 0 Å². The predicted molar refractivity (Wildman–Crippen MR) is 109 cm³/mol. The lowest BCUT2D eigenvalue weighted by atomic mass is 10.0. The molecule has 1 saturated carbocycles. The number of hydrogen-bond acceptors (Lipinski definition) is 5. The zero-order chi connectivity index (χ0) is 19.9. The number of carbonyl (C=O) groups is 1. The lowest BCUT2D eigenvalue weighted by Crippen LogP contribution is -2.35. The molecule has 1 N–H and O–H groups in total. The molecule has 1 aromatic carbocycles. The second-order valence-corrected chi connectivity index (χ2v) is 10.6. The van der Waals surface area contributed by atoms with Crippen molar-refractivity contribution in [2.45, 2.75) is 30.0 Å². The number of carbonyl (C=O) groups excluding carboxylic acids is 1. The normalized spacial score (nSPS) is 24.8. The van der Waals surface area contributed by atoms with E-state index in [2.05, 4.69) is 16.9 Å². The van der Waals surface area contributed by atoms with E-state index in [0.717, 1.165) is 23.4 Å². The first kappa shape index (κ1) is 19.3. The van der Waals surface area contributed by atoms with Gasteiger partial charge < -0.3 is 5.32 Å². The third-order valence-electron chi connectivity index (χ3n) is 5.60. The molecule has 0 spiro atoms. The molecule has 1 aromatic heterocycles. The van der Waals surface area contributed by atoms with Gasteiger partial charge in [-0.1, -0.05) is 36.9 Å². The first-order valence-electron chi connectivity index (χ1n) is 9.34. The number of rotatable bonds is 5. The zero-order valence-electron chi connectivity index (χ0n) is 15.7. The highest BCUT2D eigenvalue weighted by molar-refractivity contribution is 7.91. The molecule has 6 nitrogen and oxygen atoms in total. The van der Waals surface area contributed by atoms with Crippen molar-refractivity contribution in [3.63, 3.8) is 0 Å². The van der Waals surface area contributed by atoms with Gasteiger partial charge in [0.25, 0.3) is 10.0 Å². The van der Waals surface area contributed by atoms with Crippen molar-refractivity contribution in [3.05, 3.63) is 48.7 Å². The molecule has 1 saturated heterocycles. The highest BCUT2D eigenvalue weighted by atomic mass is 32.2. The molecule has 148 valence electrons. The number of thiazole rings is 1. The monoisotopic (exact) mass is 417 g/mol. The summed E-state index contributed by atoms with van der Waals surface area (Å²) in [7, 11) is -3.56. The van der Waals surface area contributed by atoms with Gasteiger partial charge in [0.2, 0.25) is 5.91 Å².